The van der Waals surface area contributed by atoms with Crippen LogP contribution in [0.4, 0.5) is 13.2 Å². The van der Waals surface area contributed by atoms with Crippen molar-refractivity contribution in [3.8, 4) is 0 Å². The van der Waals surface area contributed by atoms with E-state index in [2.05, 4.69) is 24.1 Å². The van der Waals surface area contributed by atoms with Gasteiger partial charge >= 0.3 is 6.18 Å². The summed E-state index contributed by atoms with van der Waals surface area (Å²) in [6.45, 7) is 5.00. The molecule has 0 radical (unpaired) electrons. The van der Waals surface area contributed by atoms with Crippen LogP contribution in [0.1, 0.15) is 32.3 Å². The average molecular weight is 327 g/mol. The summed E-state index contributed by atoms with van der Waals surface area (Å²) >= 11 is 7.18. The molecule has 0 aliphatic carbocycles. The van der Waals surface area contributed by atoms with Gasteiger partial charge in [-0.05, 0) is 19.4 Å². The molecular weight excluding hydrogens is 309 g/mol. The van der Waals surface area contributed by atoms with E-state index >= 15 is 0 Å². The molecule has 2 nitrogen and oxygen atoms in total. The minimum absolute atomic E-state index is 0.0476. The third-order valence-corrected chi connectivity index (χ3v) is 4.10. The fourth-order valence-electron chi connectivity index (χ4n) is 1.67. The molecule has 0 spiro atoms. The molecule has 0 saturated carbocycles. The monoisotopic (exact) mass is 326 g/mol. The van der Waals surface area contributed by atoms with Crippen molar-refractivity contribution in [2.24, 2.45) is 0 Å². The van der Waals surface area contributed by atoms with E-state index in [1.807, 2.05) is 0 Å². The van der Waals surface area contributed by atoms with Crippen molar-refractivity contribution in [1.29, 1.82) is 0 Å². The van der Waals surface area contributed by atoms with Crippen molar-refractivity contribution in [3.05, 3.63) is 22.8 Å². The maximum absolute atomic E-state index is 12.5. The van der Waals surface area contributed by atoms with Crippen LogP contribution in [0.3, 0.4) is 0 Å². The number of pyridine rings is 1. The number of halogens is 4. The molecule has 0 aromatic carbocycles. The number of hydrogen-bond acceptors (Lipinski definition) is 3. The lowest BCUT2D eigenvalue weighted by molar-refractivity contribution is -0.137. The van der Waals surface area contributed by atoms with Gasteiger partial charge in [-0.3, -0.25) is 0 Å². The number of hydrogen-bond donors (Lipinski definition) is 1. The van der Waals surface area contributed by atoms with Gasteiger partial charge in [-0.1, -0.05) is 24.9 Å². The van der Waals surface area contributed by atoms with E-state index in [1.165, 1.54) is 11.8 Å². The van der Waals surface area contributed by atoms with Gasteiger partial charge in [0.2, 0.25) is 0 Å². The van der Waals surface area contributed by atoms with Crippen molar-refractivity contribution in [3.63, 3.8) is 0 Å². The zero-order valence-electron chi connectivity index (χ0n) is 11.4. The van der Waals surface area contributed by atoms with Gasteiger partial charge in [-0.15, -0.1) is 11.8 Å². The lowest BCUT2D eigenvalue weighted by Crippen LogP contribution is -2.27. The molecule has 1 rings (SSSR count). The maximum atomic E-state index is 12.5. The fraction of sp³-hybridized carbons (Fsp3) is 0.615. The Bertz CT molecular complexity index is 427. The Labute approximate surface area is 126 Å². The molecule has 114 valence electrons. The predicted octanol–water partition coefficient (Wildman–Crippen LogP) is 4.62. The topological polar surface area (TPSA) is 24.9 Å². The molecule has 0 aliphatic rings. The SMILES string of the molecule is CCCC(C)NCCSc1ncc(C(F)(F)F)cc1Cl. The van der Waals surface area contributed by atoms with Crippen LogP contribution in [0.25, 0.3) is 0 Å². The Morgan fingerprint density at radius 1 is 1.45 bits per heavy atom. The van der Waals surface area contributed by atoms with E-state index in [0.29, 0.717) is 16.8 Å². The minimum atomic E-state index is -4.41. The van der Waals surface area contributed by atoms with Crippen LogP contribution in [-0.2, 0) is 6.18 Å². The summed E-state index contributed by atoms with van der Waals surface area (Å²) in [5.41, 5.74) is -0.818. The van der Waals surface area contributed by atoms with Crippen molar-refractivity contribution >= 4 is 23.4 Å². The van der Waals surface area contributed by atoms with Gasteiger partial charge in [0, 0.05) is 24.5 Å². The highest BCUT2D eigenvalue weighted by Gasteiger charge is 2.31. The van der Waals surface area contributed by atoms with E-state index in [-0.39, 0.29) is 5.02 Å². The molecule has 7 heteroatoms. The predicted molar refractivity (Wildman–Crippen MR) is 77.3 cm³/mol. The van der Waals surface area contributed by atoms with Gasteiger partial charge in [-0.2, -0.15) is 13.2 Å². The smallest absolute Gasteiger partial charge is 0.313 e. The molecule has 1 atom stereocenters. The molecule has 1 N–H and O–H groups in total. The first-order chi connectivity index (χ1) is 9.34. The number of rotatable bonds is 7. The molecule has 0 bridgehead atoms. The van der Waals surface area contributed by atoms with E-state index in [1.54, 1.807) is 0 Å². The van der Waals surface area contributed by atoms with Crippen LogP contribution >= 0.6 is 23.4 Å². The summed E-state index contributed by atoms with van der Waals surface area (Å²) in [4.78, 5) is 3.78. The van der Waals surface area contributed by atoms with Crippen LogP contribution in [0.15, 0.2) is 17.3 Å². The van der Waals surface area contributed by atoms with Crippen LogP contribution in [0, 0.1) is 0 Å². The molecule has 0 fully saturated rings. The summed E-state index contributed by atoms with van der Waals surface area (Å²) in [6, 6.07) is 1.36. The number of nitrogens with zero attached hydrogens (tertiary/aromatic N) is 1. The Kier molecular flexibility index (Phi) is 7.12. The van der Waals surface area contributed by atoms with Crippen LogP contribution in [0.2, 0.25) is 5.02 Å². The number of aromatic nitrogens is 1. The largest absolute Gasteiger partial charge is 0.417 e. The van der Waals surface area contributed by atoms with Gasteiger partial charge in [0.1, 0.15) is 5.03 Å². The standard InChI is InChI=1S/C13H18ClF3N2S/c1-3-4-9(2)18-5-6-20-12-11(14)7-10(8-19-12)13(15,16)17/h7-9,18H,3-6H2,1-2H3. The van der Waals surface area contributed by atoms with Crippen molar-refractivity contribution in [2.45, 2.75) is 43.9 Å². The zero-order valence-corrected chi connectivity index (χ0v) is 13.0. The first kappa shape index (κ1) is 17.6. The van der Waals surface area contributed by atoms with E-state index in [4.69, 9.17) is 11.6 Å². The summed E-state index contributed by atoms with van der Waals surface area (Å²) in [6.07, 6.45) is -1.37. The lowest BCUT2D eigenvalue weighted by Gasteiger charge is -2.12. The highest BCUT2D eigenvalue weighted by molar-refractivity contribution is 7.99. The molecular formula is C13H18ClF3N2S. The van der Waals surface area contributed by atoms with E-state index in [9.17, 15) is 13.2 Å². The van der Waals surface area contributed by atoms with Gasteiger partial charge < -0.3 is 5.32 Å². The van der Waals surface area contributed by atoms with Crippen molar-refractivity contribution in [1.82, 2.24) is 10.3 Å². The average Bonchev–Trinajstić information content (AvgIpc) is 2.35. The number of alkyl halides is 3. The highest BCUT2D eigenvalue weighted by atomic mass is 35.5. The van der Waals surface area contributed by atoms with E-state index < -0.39 is 11.7 Å². The molecule has 0 saturated heterocycles. The van der Waals surface area contributed by atoms with Crippen molar-refractivity contribution in [2.75, 3.05) is 12.3 Å². The van der Waals surface area contributed by atoms with Crippen LogP contribution in [-0.4, -0.2) is 23.3 Å². The third kappa shape index (κ3) is 5.89. The Morgan fingerprint density at radius 3 is 2.70 bits per heavy atom. The quantitative estimate of drug-likeness (QED) is 0.584. The Morgan fingerprint density at radius 2 is 2.15 bits per heavy atom. The number of nitrogens with one attached hydrogen (secondary N) is 1. The van der Waals surface area contributed by atoms with Crippen LogP contribution in [0.5, 0.6) is 0 Å². The molecule has 0 amide bonds. The third-order valence-electron chi connectivity index (χ3n) is 2.69. The summed E-state index contributed by atoms with van der Waals surface area (Å²) in [5, 5.41) is 3.82. The second kappa shape index (κ2) is 8.10. The molecule has 1 aromatic heterocycles. The molecule has 0 aliphatic heterocycles. The minimum Gasteiger partial charge on any atom is -0.313 e. The van der Waals surface area contributed by atoms with Gasteiger partial charge in [0.05, 0.1) is 10.6 Å². The summed E-state index contributed by atoms with van der Waals surface area (Å²) < 4.78 is 37.4. The Hall–Kier alpha value is -0.460. The fourth-order valence-corrected chi connectivity index (χ4v) is 2.74. The van der Waals surface area contributed by atoms with Gasteiger partial charge in [0.15, 0.2) is 0 Å². The molecule has 1 unspecified atom stereocenters. The molecule has 1 heterocycles. The van der Waals surface area contributed by atoms with E-state index in [0.717, 1.165) is 31.6 Å². The van der Waals surface area contributed by atoms with Gasteiger partial charge in [0.25, 0.3) is 0 Å². The normalized spacial score (nSPS) is 13.5. The summed E-state index contributed by atoms with van der Waals surface area (Å²) in [7, 11) is 0. The first-order valence-corrected chi connectivity index (χ1v) is 7.80. The van der Waals surface area contributed by atoms with Crippen LogP contribution < -0.4 is 5.32 Å². The Balaban J connectivity index is 2.45. The second-order valence-corrected chi connectivity index (χ2v) is 5.99. The molecule has 20 heavy (non-hydrogen) atoms. The zero-order chi connectivity index (χ0) is 15.2. The highest BCUT2D eigenvalue weighted by Crippen LogP contribution is 2.33. The van der Waals surface area contributed by atoms with Gasteiger partial charge in [-0.25, -0.2) is 4.98 Å². The molecule has 1 aromatic rings. The lowest BCUT2D eigenvalue weighted by atomic mass is 10.2. The number of thioether (sulfide) groups is 1. The second-order valence-electron chi connectivity index (χ2n) is 4.50. The van der Waals surface area contributed by atoms with Crippen molar-refractivity contribution < 1.29 is 13.2 Å². The summed E-state index contributed by atoms with van der Waals surface area (Å²) in [5.74, 6) is 0.714. The maximum Gasteiger partial charge on any atom is 0.417 e. The first-order valence-electron chi connectivity index (χ1n) is 6.43.